The second-order valence-corrected chi connectivity index (χ2v) is 4.80. The van der Waals surface area contributed by atoms with E-state index in [9.17, 15) is 5.11 Å². The van der Waals surface area contributed by atoms with Crippen molar-refractivity contribution in [2.24, 2.45) is 7.05 Å². The zero-order valence-corrected chi connectivity index (χ0v) is 10.9. The van der Waals surface area contributed by atoms with Crippen molar-refractivity contribution in [3.8, 4) is 0 Å². The molecule has 1 saturated heterocycles. The summed E-state index contributed by atoms with van der Waals surface area (Å²) < 4.78 is 7.20. The topological polar surface area (TPSA) is 50.5 Å². The van der Waals surface area contributed by atoms with Gasteiger partial charge in [-0.3, -0.25) is 4.90 Å². The highest BCUT2D eigenvalue weighted by Crippen LogP contribution is 2.22. The molecular weight excluding hydrogens is 242 g/mol. The molecule has 1 fully saturated rings. The van der Waals surface area contributed by atoms with Crippen LogP contribution < -0.4 is 0 Å². The van der Waals surface area contributed by atoms with Gasteiger partial charge < -0.3 is 14.4 Å². The molecular formula is C11H18ClN3O2. The average Bonchev–Trinajstić information content (AvgIpc) is 2.87. The molecule has 1 aromatic rings. The van der Waals surface area contributed by atoms with E-state index in [1.54, 1.807) is 13.3 Å². The Kier molecular flexibility index (Phi) is 4.04. The largest absolute Gasteiger partial charge is 0.395 e. The van der Waals surface area contributed by atoms with Crippen molar-refractivity contribution < 1.29 is 9.84 Å². The Labute approximate surface area is 106 Å². The summed E-state index contributed by atoms with van der Waals surface area (Å²) in [5, 5.41) is 9.98. The molecule has 17 heavy (non-hydrogen) atoms. The first-order chi connectivity index (χ1) is 8.15. The zero-order chi connectivity index (χ0) is 12.4. The Bertz CT molecular complexity index is 383. The van der Waals surface area contributed by atoms with E-state index < -0.39 is 0 Å². The van der Waals surface area contributed by atoms with Gasteiger partial charge in [0.1, 0.15) is 11.0 Å². The minimum Gasteiger partial charge on any atom is -0.395 e. The first-order valence-electron chi connectivity index (χ1n) is 5.69. The van der Waals surface area contributed by atoms with Gasteiger partial charge in [0.15, 0.2) is 0 Å². The van der Waals surface area contributed by atoms with E-state index in [1.165, 1.54) is 0 Å². The maximum atomic E-state index is 9.35. The van der Waals surface area contributed by atoms with Crippen LogP contribution in [0, 0.1) is 0 Å². The summed E-state index contributed by atoms with van der Waals surface area (Å²) in [7, 11) is 3.60. The number of nitrogens with zero attached hydrogens (tertiary/aromatic N) is 3. The summed E-state index contributed by atoms with van der Waals surface area (Å²) in [6.07, 6.45) is 2.71. The number of imidazole rings is 1. The molecule has 0 bridgehead atoms. The molecule has 5 nitrogen and oxygen atoms in total. The molecule has 0 radical (unpaired) electrons. The Balaban J connectivity index is 2.05. The normalized spacial score (nSPS) is 25.6. The van der Waals surface area contributed by atoms with Crippen LogP contribution in [0.25, 0.3) is 0 Å². The number of methoxy groups -OCH3 is 1. The van der Waals surface area contributed by atoms with Crippen LogP contribution in [0.2, 0.25) is 5.15 Å². The molecule has 0 aliphatic carbocycles. The van der Waals surface area contributed by atoms with Crippen molar-refractivity contribution in [3.63, 3.8) is 0 Å². The average molecular weight is 260 g/mol. The molecule has 0 saturated carbocycles. The SMILES string of the molecule is CO[C@@H]1C[C@@H](CO)N(Cc2ncc(Cl)n2C)C1. The monoisotopic (exact) mass is 259 g/mol. The zero-order valence-electron chi connectivity index (χ0n) is 10.1. The van der Waals surface area contributed by atoms with Gasteiger partial charge >= 0.3 is 0 Å². The molecule has 0 amide bonds. The Morgan fingerprint density at radius 2 is 2.41 bits per heavy atom. The lowest BCUT2D eigenvalue weighted by Crippen LogP contribution is -2.32. The van der Waals surface area contributed by atoms with E-state index in [0.717, 1.165) is 18.8 Å². The molecule has 2 heterocycles. The fraction of sp³-hybridized carbons (Fsp3) is 0.727. The molecule has 96 valence electrons. The van der Waals surface area contributed by atoms with Crippen molar-refractivity contribution in [2.45, 2.75) is 25.1 Å². The number of aromatic nitrogens is 2. The summed E-state index contributed by atoms with van der Waals surface area (Å²) in [6.45, 7) is 1.67. The van der Waals surface area contributed by atoms with Crippen LogP contribution in [0.3, 0.4) is 0 Å². The Morgan fingerprint density at radius 1 is 1.65 bits per heavy atom. The maximum absolute atomic E-state index is 9.35. The number of hydrogen-bond donors (Lipinski definition) is 1. The smallest absolute Gasteiger partial charge is 0.128 e. The van der Waals surface area contributed by atoms with Crippen molar-refractivity contribution in [1.29, 1.82) is 0 Å². The van der Waals surface area contributed by atoms with Crippen molar-refractivity contribution in [3.05, 3.63) is 17.2 Å². The Morgan fingerprint density at radius 3 is 2.94 bits per heavy atom. The third-order valence-corrected chi connectivity index (χ3v) is 3.76. The van der Waals surface area contributed by atoms with Crippen LogP contribution >= 0.6 is 11.6 Å². The number of rotatable bonds is 4. The predicted molar refractivity (Wildman–Crippen MR) is 64.9 cm³/mol. The van der Waals surface area contributed by atoms with E-state index in [-0.39, 0.29) is 18.8 Å². The van der Waals surface area contributed by atoms with Crippen molar-refractivity contribution in [1.82, 2.24) is 14.5 Å². The molecule has 6 heteroatoms. The number of ether oxygens (including phenoxy) is 1. The van der Waals surface area contributed by atoms with Crippen LogP contribution in [0.1, 0.15) is 12.2 Å². The molecule has 1 aliphatic heterocycles. The Hall–Kier alpha value is -0.620. The van der Waals surface area contributed by atoms with Gasteiger partial charge in [0, 0.05) is 26.7 Å². The van der Waals surface area contributed by atoms with Gasteiger partial charge in [-0.05, 0) is 6.42 Å². The van der Waals surface area contributed by atoms with Crippen molar-refractivity contribution in [2.75, 3.05) is 20.3 Å². The molecule has 0 spiro atoms. The predicted octanol–water partition coefficient (Wildman–Crippen LogP) is 0.655. The quantitative estimate of drug-likeness (QED) is 0.863. The van der Waals surface area contributed by atoms with Crippen LogP contribution in [0.4, 0.5) is 0 Å². The fourth-order valence-corrected chi connectivity index (χ4v) is 2.39. The van der Waals surface area contributed by atoms with Gasteiger partial charge in [0.25, 0.3) is 0 Å². The van der Waals surface area contributed by atoms with E-state index in [0.29, 0.717) is 11.7 Å². The maximum Gasteiger partial charge on any atom is 0.128 e. The molecule has 2 rings (SSSR count). The molecule has 1 N–H and O–H groups in total. The van der Waals surface area contributed by atoms with Gasteiger partial charge in [-0.2, -0.15) is 0 Å². The minimum atomic E-state index is 0.149. The van der Waals surface area contributed by atoms with Gasteiger partial charge in [-0.1, -0.05) is 11.6 Å². The molecule has 2 atom stereocenters. The summed E-state index contributed by atoms with van der Waals surface area (Å²) in [4.78, 5) is 6.45. The van der Waals surface area contributed by atoms with E-state index >= 15 is 0 Å². The highest BCUT2D eigenvalue weighted by Gasteiger charge is 2.32. The minimum absolute atomic E-state index is 0.149. The van der Waals surface area contributed by atoms with Crippen LogP contribution in [-0.4, -0.2) is 52.0 Å². The highest BCUT2D eigenvalue weighted by molar-refractivity contribution is 6.29. The molecule has 1 aromatic heterocycles. The first kappa shape index (κ1) is 12.8. The molecule has 0 unspecified atom stereocenters. The number of halogens is 1. The van der Waals surface area contributed by atoms with Gasteiger partial charge in [0.2, 0.25) is 0 Å². The third-order valence-electron chi connectivity index (χ3n) is 3.41. The van der Waals surface area contributed by atoms with Gasteiger partial charge in [0.05, 0.1) is 25.5 Å². The number of likely N-dealkylation sites (tertiary alicyclic amines) is 1. The summed E-state index contributed by atoms with van der Waals surface area (Å²) in [6, 6.07) is 0.149. The second-order valence-electron chi connectivity index (χ2n) is 4.42. The van der Waals surface area contributed by atoms with Crippen LogP contribution in [-0.2, 0) is 18.3 Å². The summed E-state index contributed by atoms with van der Waals surface area (Å²) in [5.41, 5.74) is 0. The standard InChI is InChI=1S/C11H18ClN3O2/c1-14-10(12)4-13-11(14)6-15-5-9(17-2)3-8(15)7-16/h4,8-9,16H,3,5-7H2,1-2H3/t8-,9+/m0/s1. The van der Waals surface area contributed by atoms with Gasteiger partial charge in [-0.15, -0.1) is 0 Å². The lowest BCUT2D eigenvalue weighted by molar-refractivity contribution is 0.106. The fourth-order valence-electron chi connectivity index (χ4n) is 2.24. The number of aliphatic hydroxyl groups is 1. The molecule has 0 aromatic carbocycles. The lowest BCUT2D eigenvalue weighted by atomic mass is 10.2. The third kappa shape index (κ3) is 2.63. The second kappa shape index (κ2) is 5.35. The van der Waals surface area contributed by atoms with Crippen LogP contribution in [0.5, 0.6) is 0 Å². The lowest BCUT2D eigenvalue weighted by Gasteiger charge is -2.21. The van der Waals surface area contributed by atoms with Crippen molar-refractivity contribution >= 4 is 11.6 Å². The molecule has 1 aliphatic rings. The van der Waals surface area contributed by atoms with E-state index in [1.807, 2.05) is 11.6 Å². The van der Waals surface area contributed by atoms with Gasteiger partial charge in [-0.25, -0.2) is 4.98 Å². The summed E-state index contributed by atoms with van der Waals surface area (Å²) >= 11 is 5.95. The first-order valence-corrected chi connectivity index (χ1v) is 6.07. The number of hydrogen-bond acceptors (Lipinski definition) is 4. The van der Waals surface area contributed by atoms with E-state index in [4.69, 9.17) is 16.3 Å². The van der Waals surface area contributed by atoms with E-state index in [2.05, 4.69) is 9.88 Å². The highest BCUT2D eigenvalue weighted by atomic mass is 35.5. The van der Waals surface area contributed by atoms with Crippen LogP contribution in [0.15, 0.2) is 6.20 Å². The summed E-state index contributed by atoms with van der Waals surface area (Å²) in [5.74, 6) is 0.908. The number of aliphatic hydroxyl groups excluding tert-OH is 1.